The lowest BCUT2D eigenvalue weighted by atomic mass is 10.0. The summed E-state index contributed by atoms with van der Waals surface area (Å²) in [5.41, 5.74) is 2.18. The summed E-state index contributed by atoms with van der Waals surface area (Å²) in [7, 11) is 1.40. The van der Waals surface area contributed by atoms with E-state index in [0.29, 0.717) is 12.5 Å². The zero-order valence-corrected chi connectivity index (χ0v) is 12.8. The molecule has 0 N–H and O–H groups in total. The lowest BCUT2D eigenvalue weighted by Crippen LogP contribution is -2.07. The van der Waals surface area contributed by atoms with Gasteiger partial charge in [-0.25, -0.2) is 0 Å². The molecule has 0 saturated heterocycles. The van der Waals surface area contributed by atoms with Crippen LogP contribution in [0.25, 0.3) is 0 Å². The summed E-state index contributed by atoms with van der Waals surface area (Å²) in [5.74, 6) is 1.28. The first-order valence-electron chi connectivity index (χ1n) is 6.92. The van der Waals surface area contributed by atoms with Crippen LogP contribution in [-0.4, -0.2) is 24.6 Å². The molecule has 0 spiro atoms. The fourth-order valence-electron chi connectivity index (χ4n) is 2.09. The minimum atomic E-state index is -0.232. The fraction of sp³-hybridized carbons (Fsp3) is 0.500. The van der Waals surface area contributed by atoms with Crippen molar-refractivity contribution in [2.24, 2.45) is 0 Å². The van der Waals surface area contributed by atoms with Crippen LogP contribution in [-0.2, 0) is 16.0 Å². The molecule has 0 bridgehead atoms. The first-order valence-corrected chi connectivity index (χ1v) is 7.33. The highest BCUT2D eigenvalue weighted by Gasteiger charge is 2.27. The topological polar surface area (TPSA) is 35.5 Å². The summed E-state index contributed by atoms with van der Waals surface area (Å²) in [5, 5.41) is 0. The van der Waals surface area contributed by atoms with Gasteiger partial charge >= 0.3 is 5.97 Å². The molecule has 4 heteroatoms. The van der Waals surface area contributed by atoms with E-state index in [1.165, 1.54) is 25.5 Å². The third-order valence-corrected chi connectivity index (χ3v) is 3.59. The number of carbonyl (C=O) groups excluding carboxylic acids is 1. The third-order valence-electron chi connectivity index (χ3n) is 3.38. The maximum absolute atomic E-state index is 11.3. The Balaban J connectivity index is 2.09. The molecule has 0 unspecified atom stereocenters. The monoisotopic (exact) mass is 292 g/mol. The van der Waals surface area contributed by atoms with Crippen molar-refractivity contribution in [3.63, 3.8) is 0 Å². The number of thiocarbonyl (C=S) groups is 1. The molecule has 1 aliphatic rings. The van der Waals surface area contributed by atoms with E-state index in [1.807, 2.05) is 19.1 Å². The van der Waals surface area contributed by atoms with Gasteiger partial charge in [0, 0.05) is 6.42 Å². The van der Waals surface area contributed by atoms with E-state index in [9.17, 15) is 4.79 Å². The van der Waals surface area contributed by atoms with Crippen LogP contribution >= 0.6 is 12.2 Å². The number of hydrogen-bond acceptors (Lipinski definition) is 4. The van der Waals surface area contributed by atoms with Crippen LogP contribution in [0.15, 0.2) is 18.2 Å². The van der Waals surface area contributed by atoms with Gasteiger partial charge in [-0.1, -0.05) is 24.4 Å². The number of benzene rings is 1. The first kappa shape index (κ1) is 15.0. The molecule has 0 heterocycles. The Hall–Kier alpha value is -1.42. The van der Waals surface area contributed by atoms with E-state index in [-0.39, 0.29) is 12.4 Å². The van der Waals surface area contributed by atoms with Crippen molar-refractivity contribution in [2.75, 3.05) is 13.7 Å². The van der Waals surface area contributed by atoms with Gasteiger partial charge in [-0.2, -0.15) is 0 Å². The first-order chi connectivity index (χ1) is 9.60. The molecule has 1 fully saturated rings. The fourth-order valence-corrected chi connectivity index (χ4v) is 2.17. The number of methoxy groups -OCH3 is 1. The van der Waals surface area contributed by atoms with Crippen LogP contribution in [0.2, 0.25) is 0 Å². The molecule has 0 amide bonds. The molecule has 3 nitrogen and oxygen atoms in total. The number of ether oxygens (including phenoxy) is 2. The van der Waals surface area contributed by atoms with Gasteiger partial charge in [0.2, 0.25) is 0 Å². The van der Waals surface area contributed by atoms with Gasteiger partial charge in [0.05, 0.1) is 20.1 Å². The second-order valence-electron chi connectivity index (χ2n) is 5.20. The Morgan fingerprint density at radius 3 is 2.75 bits per heavy atom. The normalized spacial score (nSPS) is 13.9. The maximum Gasteiger partial charge on any atom is 0.309 e. The molecule has 0 aliphatic heterocycles. The molecular formula is C16H20O3S. The van der Waals surface area contributed by atoms with Crippen LogP contribution in [0.5, 0.6) is 5.75 Å². The molecular weight excluding hydrogens is 272 g/mol. The van der Waals surface area contributed by atoms with Gasteiger partial charge in [0.1, 0.15) is 5.75 Å². The highest BCUT2D eigenvalue weighted by Crippen LogP contribution is 2.44. The number of carbonyl (C=O) groups is 1. The van der Waals surface area contributed by atoms with Crippen molar-refractivity contribution in [1.29, 1.82) is 0 Å². The van der Waals surface area contributed by atoms with Crippen molar-refractivity contribution in [2.45, 2.75) is 38.5 Å². The molecule has 0 aromatic heterocycles. The average molecular weight is 292 g/mol. The van der Waals surface area contributed by atoms with E-state index < -0.39 is 0 Å². The van der Waals surface area contributed by atoms with Crippen LogP contribution < -0.4 is 4.74 Å². The van der Waals surface area contributed by atoms with Crippen molar-refractivity contribution in [3.8, 4) is 5.75 Å². The van der Waals surface area contributed by atoms with Crippen LogP contribution in [0, 0.1) is 0 Å². The Labute approximate surface area is 125 Å². The van der Waals surface area contributed by atoms with E-state index >= 15 is 0 Å². The second kappa shape index (κ2) is 6.84. The van der Waals surface area contributed by atoms with Gasteiger partial charge in [-0.3, -0.25) is 4.79 Å². The van der Waals surface area contributed by atoms with Gasteiger partial charge in [0.15, 0.2) is 0 Å². The molecule has 108 valence electrons. The summed E-state index contributed by atoms with van der Waals surface area (Å²) >= 11 is 5.07. The summed E-state index contributed by atoms with van der Waals surface area (Å²) in [6.45, 7) is 2.52. The zero-order valence-electron chi connectivity index (χ0n) is 12.0. The molecule has 1 saturated carbocycles. The summed E-state index contributed by atoms with van der Waals surface area (Å²) in [6.07, 6.45) is 3.50. The lowest BCUT2D eigenvalue weighted by Gasteiger charge is -2.12. The molecule has 0 atom stereocenters. The van der Waals surface area contributed by atoms with Crippen LogP contribution in [0.3, 0.4) is 0 Å². The minimum Gasteiger partial charge on any atom is -0.493 e. The quantitative estimate of drug-likeness (QED) is 0.570. The standard InChI is InChI=1S/C16H20O3S/c1-11(20)7-8-19-15-9-12(10-16(17)18-2)3-6-14(15)13-4-5-13/h3,6,9,13H,4-5,7-8,10H2,1-2H3. The minimum absolute atomic E-state index is 0.232. The van der Waals surface area contributed by atoms with Crippen molar-refractivity contribution >= 4 is 23.1 Å². The lowest BCUT2D eigenvalue weighted by molar-refractivity contribution is -0.139. The Bertz CT molecular complexity index is 506. The number of rotatable bonds is 7. The molecule has 0 radical (unpaired) electrons. The maximum atomic E-state index is 11.3. The smallest absolute Gasteiger partial charge is 0.309 e. The van der Waals surface area contributed by atoms with Crippen molar-refractivity contribution in [1.82, 2.24) is 0 Å². The van der Waals surface area contributed by atoms with Crippen molar-refractivity contribution < 1.29 is 14.3 Å². The van der Waals surface area contributed by atoms with E-state index in [0.717, 1.165) is 22.6 Å². The molecule has 20 heavy (non-hydrogen) atoms. The Morgan fingerprint density at radius 2 is 2.15 bits per heavy atom. The molecule has 1 aliphatic carbocycles. The van der Waals surface area contributed by atoms with Crippen molar-refractivity contribution in [3.05, 3.63) is 29.3 Å². The van der Waals surface area contributed by atoms with E-state index in [1.54, 1.807) is 0 Å². The van der Waals surface area contributed by atoms with Crippen LogP contribution in [0.4, 0.5) is 0 Å². The predicted octanol–water partition coefficient (Wildman–Crippen LogP) is 3.44. The third kappa shape index (κ3) is 4.30. The van der Waals surface area contributed by atoms with Gasteiger partial charge in [-0.05, 0) is 47.7 Å². The van der Waals surface area contributed by atoms with Gasteiger partial charge in [0.25, 0.3) is 0 Å². The molecule has 1 aromatic carbocycles. The average Bonchev–Trinajstić information content (AvgIpc) is 3.23. The number of esters is 1. The van der Waals surface area contributed by atoms with E-state index in [4.69, 9.17) is 21.7 Å². The Kier molecular flexibility index (Phi) is 5.12. The van der Waals surface area contributed by atoms with Gasteiger partial charge in [-0.15, -0.1) is 0 Å². The van der Waals surface area contributed by atoms with Crippen LogP contribution in [0.1, 0.15) is 43.2 Å². The highest BCUT2D eigenvalue weighted by atomic mass is 32.1. The number of hydrogen-bond donors (Lipinski definition) is 0. The molecule has 2 rings (SSSR count). The summed E-state index contributed by atoms with van der Waals surface area (Å²) in [4.78, 5) is 12.3. The predicted molar refractivity (Wildman–Crippen MR) is 82.5 cm³/mol. The SMILES string of the molecule is COC(=O)Cc1ccc(C2CC2)c(OCCC(C)=S)c1. The highest BCUT2D eigenvalue weighted by molar-refractivity contribution is 7.80. The zero-order chi connectivity index (χ0) is 14.5. The summed E-state index contributed by atoms with van der Waals surface area (Å²) < 4.78 is 10.6. The van der Waals surface area contributed by atoms with Gasteiger partial charge < -0.3 is 9.47 Å². The van der Waals surface area contributed by atoms with E-state index in [2.05, 4.69) is 6.07 Å². The Morgan fingerprint density at radius 1 is 1.40 bits per heavy atom. The molecule has 1 aromatic rings. The largest absolute Gasteiger partial charge is 0.493 e. The second-order valence-corrected chi connectivity index (χ2v) is 5.90. The summed E-state index contributed by atoms with van der Waals surface area (Å²) in [6, 6.07) is 6.03.